The predicted octanol–water partition coefficient (Wildman–Crippen LogP) is 4.38. The Balaban J connectivity index is 1.61. The van der Waals surface area contributed by atoms with Crippen LogP contribution in [0.1, 0.15) is 66.4 Å². The fraction of sp³-hybridized carbons (Fsp3) is 0.625. The molecule has 216 valence electrons. The second kappa shape index (κ2) is 10.1. The summed E-state index contributed by atoms with van der Waals surface area (Å²) < 4.78 is 24.2. The topological polar surface area (TPSA) is 108 Å². The molecule has 1 heterocycles. The third-order valence-electron chi connectivity index (χ3n) is 9.71. The molecule has 1 spiro atoms. The van der Waals surface area contributed by atoms with Crippen LogP contribution in [0.3, 0.4) is 0 Å². The fourth-order valence-corrected chi connectivity index (χ4v) is 7.55. The number of rotatable bonds is 5. The highest BCUT2D eigenvalue weighted by Gasteiger charge is 2.71. The van der Waals surface area contributed by atoms with Crippen LogP contribution in [0.25, 0.3) is 0 Å². The van der Waals surface area contributed by atoms with Crippen molar-refractivity contribution in [2.45, 2.75) is 90.6 Å². The molecule has 0 radical (unpaired) electrons. The van der Waals surface area contributed by atoms with Crippen molar-refractivity contribution in [3.63, 3.8) is 0 Å². The zero-order valence-electron chi connectivity index (χ0n) is 24.2. The van der Waals surface area contributed by atoms with Gasteiger partial charge in [-0.15, -0.1) is 0 Å². The Bertz CT molecular complexity index is 1230. The second-order valence-electron chi connectivity index (χ2n) is 12.9. The molecule has 3 aliphatic carbocycles. The summed E-state index contributed by atoms with van der Waals surface area (Å²) in [6, 6.07) is 9.25. The summed E-state index contributed by atoms with van der Waals surface area (Å²) in [5, 5.41) is 0. The van der Waals surface area contributed by atoms with Gasteiger partial charge in [-0.3, -0.25) is 19.2 Å². The standard InChI is InChI=1S/C32H40O8/c1-18-14-24-23(30(24,5)6)12-13-31(17-37-31)29(38-20(3)33)26-27(39-25(35)15-22-10-8-7-9-11-22)19(2)16-32(26,28(18)36)40-21(4)34/h7-11,14,19,23-24,26-27,29H,12-13,15-17H2,1-6H3/b18-14+/t19-,23-,24-,26+,27-,29?,31+,32+/m0/s1. The number of allylic oxidation sites excluding steroid dienone is 1. The monoisotopic (exact) mass is 552 g/mol. The maximum Gasteiger partial charge on any atom is 0.310 e. The first kappa shape index (κ1) is 28.5. The van der Waals surface area contributed by atoms with E-state index in [1.807, 2.05) is 43.3 Å². The molecule has 3 fully saturated rings. The van der Waals surface area contributed by atoms with Gasteiger partial charge in [-0.25, -0.2) is 0 Å². The van der Waals surface area contributed by atoms with Gasteiger partial charge in [0, 0.05) is 20.3 Å². The highest BCUT2D eigenvalue weighted by Crippen LogP contribution is 2.64. The van der Waals surface area contributed by atoms with Crippen molar-refractivity contribution in [1.29, 1.82) is 0 Å². The van der Waals surface area contributed by atoms with Crippen LogP contribution in [-0.2, 0) is 44.5 Å². The molecule has 8 atom stereocenters. The van der Waals surface area contributed by atoms with E-state index in [1.54, 1.807) is 6.92 Å². The molecule has 1 saturated heterocycles. The van der Waals surface area contributed by atoms with Gasteiger partial charge in [0.15, 0.2) is 5.60 Å². The first-order chi connectivity index (χ1) is 18.8. The molecule has 0 aromatic heterocycles. The van der Waals surface area contributed by atoms with E-state index in [0.717, 1.165) is 12.0 Å². The number of ether oxygens (including phenoxy) is 4. The lowest BCUT2D eigenvalue weighted by Gasteiger charge is -2.41. The number of hydrogen-bond acceptors (Lipinski definition) is 8. The van der Waals surface area contributed by atoms with Crippen LogP contribution >= 0.6 is 0 Å². The van der Waals surface area contributed by atoms with Crippen LogP contribution in [-0.4, -0.2) is 53.7 Å². The molecule has 8 nitrogen and oxygen atoms in total. The fourth-order valence-electron chi connectivity index (χ4n) is 7.55. The third-order valence-corrected chi connectivity index (χ3v) is 9.71. The van der Waals surface area contributed by atoms with Crippen LogP contribution < -0.4 is 0 Å². The Morgan fingerprint density at radius 2 is 1.73 bits per heavy atom. The molecule has 1 aromatic rings. The van der Waals surface area contributed by atoms with Gasteiger partial charge in [0.25, 0.3) is 0 Å². The van der Waals surface area contributed by atoms with Crippen molar-refractivity contribution in [2.24, 2.45) is 29.1 Å². The Morgan fingerprint density at radius 3 is 2.33 bits per heavy atom. The van der Waals surface area contributed by atoms with E-state index in [0.29, 0.717) is 24.5 Å². The van der Waals surface area contributed by atoms with Gasteiger partial charge in [0.1, 0.15) is 17.8 Å². The first-order valence-corrected chi connectivity index (χ1v) is 14.3. The van der Waals surface area contributed by atoms with Gasteiger partial charge >= 0.3 is 17.9 Å². The summed E-state index contributed by atoms with van der Waals surface area (Å²) in [7, 11) is 0. The molecule has 1 aliphatic heterocycles. The van der Waals surface area contributed by atoms with Crippen molar-refractivity contribution in [2.75, 3.05) is 6.61 Å². The lowest BCUT2D eigenvalue weighted by Crippen LogP contribution is -2.58. The molecular formula is C32H40O8. The van der Waals surface area contributed by atoms with Crippen molar-refractivity contribution in [3.05, 3.63) is 47.5 Å². The minimum Gasteiger partial charge on any atom is -0.461 e. The van der Waals surface area contributed by atoms with E-state index >= 15 is 0 Å². The largest absolute Gasteiger partial charge is 0.461 e. The number of esters is 3. The zero-order chi connectivity index (χ0) is 29.0. The average Bonchev–Trinajstić information content (AvgIpc) is 3.73. The van der Waals surface area contributed by atoms with Gasteiger partial charge < -0.3 is 18.9 Å². The molecule has 0 amide bonds. The summed E-state index contributed by atoms with van der Waals surface area (Å²) in [4.78, 5) is 52.9. The van der Waals surface area contributed by atoms with Gasteiger partial charge in [-0.2, -0.15) is 0 Å². The van der Waals surface area contributed by atoms with E-state index in [-0.39, 0.29) is 35.9 Å². The van der Waals surface area contributed by atoms with Crippen molar-refractivity contribution in [1.82, 2.24) is 0 Å². The quantitative estimate of drug-likeness (QED) is 0.301. The highest BCUT2D eigenvalue weighted by molar-refractivity contribution is 6.03. The van der Waals surface area contributed by atoms with Gasteiger partial charge in [0.2, 0.25) is 5.78 Å². The Morgan fingerprint density at radius 1 is 1.05 bits per heavy atom. The lowest BCUT2D eigenvalue weighted by atomic mass is 9.74. The SMILES string of the molecule is CC(=O)OC1[C@H]2[C@@H](OC(=O)Cc3ccccc3)[C@@H](C)C[C@]2(OC(C)=O)C(=O)/C(C)=C/[C@H]2[C@H](CC[C@@]13CO3)C2(C)C. The first-order valence-electron chi connectivity index (χ1n) is 14.3. The molecule has 4 aliphatic rings. The van der Waals surface area contributed by atoms with E-state index in [2.05, 4.69) is 13.8 Å². The van der Waals surface area contributed by atoms with E-state index in [9.17, 15) is 19.2 Å². The summed E-state index contributed by atoms with van der Waals surface area (Å²) in [6.45, 7) is 11.0. The van der Waals surface area contributed by atoms with Crippen LogP contribution in [0.5, 0.6) is 0 Å². The normalized spacial score (nSPS) is 39.0. The minimum atomic E-state index is -1.68. The molecule has 0 bridgehead atoms. The highest BCUT2D eigenvalue weighted by atomic mass is 16.6. The number of carbonyl (C=O) groups is 4. The number of Topliss-reactive ketones (excluding diaryl/α,β-unsaturated/α-hetero) is 1. The summed E-state index contributed by atoms with van der Waals surface area (Å²) in [6.07, 6.45) is 1.85. The van der Waals surface area contributed by atoms with Crippen molar-refractivity contribution in [3.8, 4) is 0 Å². The Hall–Kier alpha value is -3.00. The number of hydrogen-bond donors (Lipinski definition) is 0. The van der Waals surface area contributed by atoms with Gasteiger partial charge in [0.05, 0.1) is 18.9 Å². The molecule has 40 heavy (non-hydrogen) atoms. The summed E-state index contributed by atoms with van der Waals surface area (Å²) >= 11 is 0. The summed E-state index contributed by atoms with van der Waals surface area (Å²) in [5.74, 6) is -2.72. The molecule has 1 aromatic carbocycles. The molecular weight excluding hydrogens is 512 g/mol. The number of ketones is 1. The van der Waals surface area contributed by atoms with Crippen LogP contribution in [0.4, 0.5) is 0 Å². The third kappa shape index (κ3) is 5.00. The predicted molar refractivity (Wildman–Crippen MR) is 145 cm³/mol. The minimum absolute atomic E-state index is 0.0141. The number of epoxide rings is 1. The van der Waals surface area contributed by atoms with Crippen molar-refractivity contribution < 1.29 is 38.1 Å². The maximum atomic E-state index is 14.5. The Kier molecular flexibility index (Phi) is 7.22. The van der Waals surface area contributed by atoms with E-state index in [4.69, 9.17) is 18.9 Å². The zero-order valence-corrected chi connectivity index (χ0v) is 24.2. The Labute approximate surface area is 235 Å². The average molecular weight is 553 g/mol. The van der Waals surface area contributed by atoms with Gasteiger partial charge in [-0.1, -0.05) is 57.2 Å². The van der Waals surface area contributed by atoms with Crippen LogP contribution in [0.2, 0.25) is 0 Å². The number of carbonyl (C=O) groups excluding carboxylic acids is 4. The second-order valence-corrected chi connectivity index (χ2v) is 12.9. The number of fused-ring (bicyclic) bond motifs is 2. The number of benzene rings is 1. The van der Waals surface area contributed by atoms with E-state index < -0.39 is 47.2 Å². The van der Waals surface area contributed by atoms with Crippen LogP contribution in [0, 0.1) is 29.1 Å². The smallest absolute Gasteiger partial charge is 0.310 e. The molecule has 1 unspecified atom stereocenters. The molecule has 5 rings (SSSR count). The molecule has 8 heteroatoms. The van der Waals surface area contributed by atoms with Crippen molar-refractivity contribution >= 4 is 23.7 Å². The van der Waals surface area contributed by atoms with Crippen LogP contribution in [0.15, 0.2) is 42.0 Å². The van der Waals surface area contributed by atoms with Gasteiger partial charge in [-0.05, 0) is 54.1 Å². The lowest BCUT2D eigenvalue weighted by molar-refractivity contribution is -0.190. The summed E-state index contributed by atoms with van der Waals surface area (Å²) in [5.41, 5.74) is -1.22. The molecule has 2 saturated carbocycles. The van der Waals surface area contributed by atoms with E-state index in [1.165, 1.54) is 13.8 Å². The maximum absolute atomic E-state index is 14.5. The molecule has 0 N–H and O–H groups in total.